The molecule has 0 aromatic heterocycles. The van der Waals surface area contributed by atoms with Gasteiger partial charge in [0.05, 0.1) is 12.1 Å². The zero-order valence-electron chi connectivity index (χ0n) is 13.0. The van der Waals surface area contributed by atoms with Gasteiger partial charge in [-0.3, -0.25) is 9.59 Å². The van der Waals surface area contributed by atoms with E-state index in [4.69, 9.17) is 4.74 Å². The first-order valence-electron chi connectivity index (χ1n) is 8.29. The standard InChI is InChI=1S/C17H21N3O3/c21-15(20-14-4-7-19-17(14)5-1-6-17)11-2-3-13-12(10-11)16(22)18-8-9-23-13/h2-3,10,14,19H,1,4-9H2,(H,18,22)(H,20,21). The summed E-state index contributed by atoms with van der Waals surface area (Å²) in [6, 6.07) is 5.23. The molecule has 23 heavy (non-hydrogen) atoms. The topological polar surface area (TPSA) is 79.5 Å². The van der Waals surface area contributed by atoms with Crippen LogP contribution in [-0.4, -0.2) is 43.1 Å². The van der Waals surface area contributed by atoms with E-state index in [2.05, 4.69) is 16.0 Å². The third kappa shape index (κ3) is 2.47. The van der Waals surface area contributed by atoms with Crippen molar-refractivity contribution in [1.29, 1.82) is 0 Å². The predicted octanol–water partition coefficient (Wildman–Crippen LogP) is 0.823. The molecule has 3 N–H and O–H groups in total. The van der Waals surface area contributed by atoms with Crippen LogP contribution in [-0.2, 0) is 0 Å². The second kappa shape index (κ2) is 5.53. The monoisotopic (exact) mass is 315 g/mol. The number of hydrogen-bond donors (Lipinski definition) is 3. The number of carbonyl (C=O) groups excluding carboxylic acids is 2. The minimum absolute atomic E-state index is 0.0990. The Morgan fingerprint density at radius 3 is 2.96 bits per heavy atom. The van der Waals surface area contributed by atoms with Gasteiger partial charge in [-0.25, -0.2) is 0 Å². The maximum absolute atomic E-state index is 12.6. The predicted molar refractivity (Wildman–Crippen MR) is 84.7 cm³/mol. The van der Waals surface area contributed by atoms with Gasteiger partial charge < -0.3 is 20.7 Å². The fourth-order valence-corrected chi connectivity index (χ4v) is 3.80. The Labute approximate surface area is 135 Å². The van der Waals surface area contributed by atoms with Gasteiger partial charge in [0, 0.05) is 17.1 Å². The van der Waals surface area contributed by atoms with E-state index in [1.165, 1.54) is 6.42 Å². The van der Waals surface area contributed by atoms with Crippen LogP contribution in [0.5, 0.6) is 5.75 Å². The lowest BCUT2D eigenvalue weighted by Gasteiger charge is -2.43. The fraction of sp³-hybridized carbons (Fsp3) is 0.529. The Kier molecular flexibility index (Phi) is 3.49. The van der Waals surface area contributed by atoms with Gasteiger partial charge in [-0.1, -0.05) is 0 Å². The lowest BCUT2D eigenvalue weighted by Crippen LogP contribution is -2.59. The van der Waals surface area contributed by atoms with Crippen LogP contribution in [0, 0.1) is 0 Å². The number of hydrogen-bond acceptors (Lipinski definition) is 4. The van der Waals surface area contributed by atoms with Gasteiger partial charge in [-0.15, -0.1) is 0 Å². The molecule has 2 aliphatic heterocycles. The molecule has 2 amide bonds. The number of rotatable bonds is 2. The first-order chi connectivity index (χ1) is 11.2. The number of carbonyl (C=O) groups is 2. The molecule has 6 heteroatoms. The summed E-state index contributed by atoms with van der Waals surface area (Å²) in [5.41, 5.74) is 1.03. The molecule has 122 valence electrons. The highest BCUT2D eigenvalue weighted by Gasteiger charge is 2.47. The van der Waals surface area contributed by atoms with Gasteiger partial charge in [0.15, 0.2) is 0 Å². The first kappa shape index (κ1) is 14.5. The minimum atomic E-state index is -0.190. The summed E-state index contributed by atoms with van der Waals surface area (Å²) >= 11 is 0. The fourth-order valence-electron chi connectivity index (χ4n) is 3.80. The minimum Gasteiger partial charge on any atom is -0.491 e. The van der Waals surface area contributed by atoms with Gasteiger partial charge in [0.1, 0.15) is 12.4 Å². The summed E-state index contributed by atoms with van der Waals surface area (Å²) in [7, 11) is 0. The van der Waals surface area contributed by atoms with Crippen LogP contribution in [0.2, 0.25) is 0 Å². The lowest BCUT2D eigenvalue weighted by molar-refractivity contribution is 0.0881. The average molecular weight is 315 g/mol. The van der Waals surface area contributed by atoms with Gasteiger partial charge in [0.2, 0.25) is 0 Å². The molecule has 1 saturated carbocycles. The number of amides is 2. The Morgan fingerprint density at radius 2 is 2.17 bits per heavy atom. The molecule has 1 aliphatic carbocycles. The second-order valence-electron chi connectivity index (χ2n) is 6.57. The molecule has 2 fully saturated rings. The highest BCUT2D eigenvalue weighted by atomic mass is 16.5. The molecule has 1 atom stereocenters. The number of fused-ring (bicyclic) bond motifs is 1. The number of benzene rings is 1. The Balaban J connectivity index is 1.54. The summed E-state index contributed by atoms with van der Waals surface area (Å²) in [6.45, 7) is 1.87. The third-order valence-electron chi connectivity index (χ3n) is 5.26. The van der Waals surface area contributed by atoms with Crippen molar-refractivity contribution >= 4 is 11.8 Å². The molecule has 4 rings (SSSR count). The molecule has 1 unspecified atom stereocenters. The summed E-state index contributed by atoms with van der Waals surface area (Å²) < 4.78 is 5.52. The van der Waals surface area contributed by atoms with E-state index in [1.54, 1.807) is 18.2 Å². The Morgan fingerprint density at radius 1 is 1.30 bits per heavy atom. The third-order valence-corrected chi connectivity index (χ3v) is 5.26. The molecule has 3 aliphatic rings. The van der Waals surface area contributed by atoms with Crippen LogP contribution in [0.1, 0.15) is 46.4 Å². The van der Waals surface area contributed by atoms with Gasteiger partial charge in [-0.05, 0) is 50.4 Å². The molecule has 1 aromatic rings. The van der Waals surface area contributed by atoms with E-state index >= 15 is 0 Å². The van der Waals surface area contributed by atoms with E-state index in [9.17, 15) is 9.59 Å². The summed E-state index contributed by atoms with van der Waals surface area (Å²) in [5.74, 6) is 0.226. The lowest BCUT2D eigenvalue weighted by atomic mass is 9.73. The SMILES string of the molecule is O=C(NC1CCNC12CCC2)c1ccc2c(c1)C(=O)NCCO2. The largest absolute Gasteiger partial charge is 0.491 e. The van der Waals surface area contributed by atoms with Crippen LogP contribution in [0.3, 0.4) is 0 Å². The summed E-state index contributed by atoms with van der Waals surface area (Å²) in [4.78, 5) is 24.6. The van der Waals surface area contributed by atoms with E-state index in [1.807, 2.05) is 0 Å². The highest BCUT2D eigenvalue weighted by Crippen LogP contribution is 2.39. The quantitative estimate of drug-likeness (QED) is 0.755. The number of ether oxygens (including phenoxy) is 1. The van der Waals surface area contributed by atoms with Crippen molar-refractivity contribution in [1.82, 2.24) is 16.0 Å². The Hall–Kier alpha value is -2.08. The van der Waals surface area contributed by atoms with Crippen LogP contribution in [0.25, 0.3) is 0 Å². The highest BCUT2D eigenvalue weighted by molar-refractivity contribution is 6.01. The molecular formula is C17H21N3O3. The average Bonchev–Trinajstić information content (AvgIpc) is 2.86. The molecule has 0 bridgehead atoms. The van der Waals surface area contributed by atoms with Crippen molar-refractivity contribution in [2.75, 3.05) is 19.7 Å². The van der Waals surface area contributed by atoms with E-state index in [-0.39, 0.29) is 23.4 Å². The van der Waals surface area contributed by atoms with Crippen molar-refractivity contribution in [3.63, 3.8) is 0 Å². The normalized spacial score (nSPS) is 24.9. The van der Waals surface area contributed by atoms with Crippen molar-refractivity contribution in [2.24, 2.45) is 0 Å². The van der Waals surface area contributed by atoms with Gasteiger partial charge in [-0.2, -0.15) is 0 Å². The molecule has 0 radical (unpaired) electrons. The van der Waals surface area contributed by atoms with Crippen molar-refractivity contribution in [3.05, 3.63) is 29.3 Å². The van der Waals surface area contributed by atoms with Gasteiger partial charge >= 0.3 is 0 Å². The summed E-state index contributed by atoms with van der Waals surface area (Å²) in [6.07, 6.45) is 4.42. The van der Waals surface area contributed by atoms with E-state index in [0.29, 0.717) is 30.0 Å². The maximum Gasteiger partial charge on any atom is 0.255 e. The van der Waals surface area contributed by atoms with Crippen molar-refractivity contribution in [3.8, 4) is 5.75 Å². The summed E-state index contributed by atoms with van der Waals surface area (Å²) in [5, 5.41) is 9.46. The molecule has 1 saturated heterocycles. The molecule has 1 spiro atoms. The number of nitrogens with one attached hydrogen (secondary N) is 3. The molecular weight excluding hydrogens is 294 g/mol. The van der Waals surface area contributed by atoms with Crippen LogP contribution < -0.4 is 20.7 Å². The van der Waals surface area contributed by atoms with Gasteiger partial charge in [0.25, 0.3) is 11.8 Å². The zero-order chi connectivity index (χ0) is 15.9. The van der Waals surface area contributed by atoms with Crippen molar-refractivity contribution in [2.45, 2.75) is 37.3 Å². The molecule has 2 heterocycles. The second-order valence-corrected chi connectivity index (χ2v) is 6.57. The van der Waals surface area contributed by atoms with Crippen LogP contribution in [0.4, 0.5) is 0 Å². The van der Waals surface area contributed by atoms with E-state index < -0.39 is 0 Å². The molecule has 1 aromatic carbocycles. The zero-order valence-corrected chi connectivity index (χ0v) is 13.0. The Bertz CT molecular complexity index is 654. The van der Waals surface area contributed by atoms with Crippen LogP contribution >= 0.6 is 0 Å². The van der Waals surface area contributed by atoms with Crippen molar-refractivity contribution < 1.29 is 14.3 Å². The smallest absolute Gasteiger partial charge is 0.255 e. The molecule has 6 nitrogen and oxygen atoms in total. The van der Waals surface area contributed by atoms with Crippen LogP contribution in [0.15, 0.2) is 18.2 Å². The maximum atomic E-state index is 12.6. The van der Waals surface area contributed by atoms with E-state index in [0.717, 1.165) is 25.8 Å². The first-order valence-corrected chi connectivity index (χ1v) is 8.29.